The monoisotopic (exact) mass is 345 g/mol. The third-order valence-corrected chi connectivity index (χ3v) is 3.30. The summed E-state index contributed by atoms with van der Waals surface area (Å²) in [6.07, 6.45) is -4.50. The molecule has 6 heteroatoms. The Labute approximate surface area is 122 Å². The van der Waals surface area contributed by atoms with Gasteiger partial charge in [0.15, 0.2) is 0 Å². The predicted molar refractivity (Wildman–Crippen MR) is 73.6 cm³/mol. The molecule has 0 radical (unpaired) electrons. The number of halogens is 4. The maximum absolute atomic E-state index is 13.0. The molecule has 0 saturated heterocycles. The van der Waals surface area contributed by atoms with Crippen molar-refractivity contribution in [1.29, 1.82) is 0 Å². The SMILES string of the molecule is NCc1ccc(Oc2ccccc2Br)c(C(F)(F)F)c1. The van der Waals surface area contributed by atoms with Crippen LogP contribution in [0.3, 0.4) is 0 Å². The maximum Gasteiger partial charge on any atom is 0.419 e. The number of nitrogens with two attached hydrogens (primary N) is 1. The Morgan fingerprint density at radius 3 is 2.35 bits per heavy atom. The highest BCUT2D eigenvalue weighted by Crippen LogP contribution is 2.40. The molecule has 0 saturated carbocycles. The summed E-state index contributed by atoms with van der Waals surface area (Å²) >= 11 is 3.23. The molecule has 0 unspecified atom stereocenters. The van der Waals surface area contributed by atoms with Crippen molar-refractivity contribution in [2.24, 2.45) is 5.73 Å². The van der Waals surface area contributed by atoms with Crippen LogP contribution in [0.2, 0.25) is 0 Å². The third kappa shape index (κ3) is 3.32. The van der Waals surface area contributed by atoms with Gasteiger partial charge in [-0.25, -0.2) is 0 Å². The summed E-state index contributed by atoms with van der Waals surface area (Å²) in [4.78, 5) is 0. The van der Waals surface area contributed by atoms with Gasteiger partial charge >= 0.3 is 6.18 Å². The van der Waals surface area contributed by atoms with Crippen LogP contribution in [0.15, 0.2) is 46.9 Å². The third-order valence-electron chi connectivity index (χ3n) is 2.64. The largest absolute Gasteiger partial charge is 0.456 e. The van der Waals surface area contributed by atoms with Crippen molar-refractivity contribution in [3.63, 3.8) is 0 Å². The van der Waals surface area contributed by atoms with Crippen LogP contribution >= 0.6 is 15.9 Å². The van der Waals surface area contributed by atoms with Gasteiger partial charge in [-0.15, -0.1) is 0 Å². The first-order chi connectivity index (χ1) is 9.41. The van der Waals surface area contributed by atoms with Gasteiger partial charge in [-0.05, 0) is 45.8 Å². The van der Waals surface area contributed by atoms with Crippen LogP contribution < -0.4 is 10.5 Å². The standard InChI is InChI=1S/C14H11BrF3NO/c15-11-3-1-2-4-13(11)20-12-6-5-9(8-19)7-10(12)14(16,17)18/h1-7H,8,19H2. The molecule has 0 bridgehead atoms. The van der Waals surface area contributed by atoms with Crippen LogP contribution in [0.25, 0.3) is 0 Å². The number of benzene rings is 2. The topological polar surface area (TPSA) is 35.2 Å². The van der Waals surface area contributed by atoms with Crippen LogP contribution in [-0.4, -0.2) is 0 Å². The zero-order chi connectivity index (χ0) is 14.8. The Hall–Kier alpha value is -1.53. The van der Waals surface area contributed by atoms with Gasteiger partial charge in [-0.3, -0.25) is 0 Å². The van der Waals surface area contributed by atoms with E-state index in [9.17, 15) is 13.2 Å². The molecule has 0 aliphatic rings. The van der Waals surface area contributed by atoms with Crippen molar-refractivity contribution in [3.05, 3.63) is 58.1 Å². The van der Waals surface area contributed by atoms with Gasteiger partial charge in [-0.2, -0.15) is 13.2 Å². The van der Waals surface area contributed by atoms with E-state index < -0.39 is 11.7 Å². The van der Waals surface area contributed by atoms with Gasteiger partial charge < -0.3 is 10.5 Å². The molecule has 0 amide bonds. The lowest BCUT2D eigenvalue weighted by Crippen LogP contribution is -2.09. The second-order valence-corrected chi connectivity index (χ2v) is 4.92. The van der Waals surface area contributed by atoms with Gasteiger partial charge in [0.2, 0.25) is 0 Å². The number of hydrogen-bond donors (Lipinski definition) is 1. The molecule has 0 fully saturated rings. The van der Waals surface area contributed by atoms with Gasteiger partial charge in [0, 0.05) is 6.54 Å². The van der Waals surface area contributed by atoms with Crippen molar-refractivity contribution >= 4 is 15.9 Å². The predicted octanol–water partition coefficient (Wildman–Crippen LogP) is 4.72. The minimum Gasteiger partial charge on any atom is -0.456 e. The summed E-state index contributed by atoms with van der Waals surface area (Å²) in [6.45, 7) is 0.0401. The molecule has 2 aromatic rings. The Morgan fingerprint density at radius 2 is 1.75 bits per heavy atom. The molecular formula is C14H11BrF3NO. The minimum absolute atomic E-state index is 0.0401. The molecule has 0 atom stereocenters. The van der Waals surface area contributed by atoms with Crippen LogP contribution in [0.5, 0.6) is 11.5 Å². The lowest BCUT2D eigenvalue weighted by molar-refractivity contribution is -0.138. The molecular weight excluding hydrogens is 335 g/mol. The smallest absolute Gasteiger partial charge is 0.419 e. The summed E-state index contributed by atoms with van der Waals surface area (Å²) < 4.78 is 45.0. The van der Waals surface area contributed by atoms with Gasteiger partial charge in [0.25, 0.3) is 0 Å². The van der Waals surface area contributed by atoms with Crippen LogP contribution in [0.1, 0.15) is 11.1 Å². The quantitative estimate of drug-likeness (QED) is 0.873. The molecule has 2 N–H and O–H groups in total. The fourth-order valence-corrected chi connectivity index (χ4v) is 2.03. The average molecular weight is 346 g/mol. The summed E-state index contributed by atoms with van der Waals surface area (Å²) in [5, 5.41) is 0. The van der Waals surface area contributed by atoms with Crippen LogP contribution in [0, 0.1) is 0 Å². The van der Waals surface area contributed by atoms with E-state index in [2.05, 4.69) is 15.9 Å². The van der Waals surface area contributed by atoms with Crippen LogP contribution in [0.4, 0.5) is 13.2 Å². The number of alkyl halides is 3. The molecule has 20 heavy (non-hydrogen) atoms. The summed E-state index contributed by atoms with van der Waals surface area (Å²) in [6, 6.07) is 10.5. The number of para-hydroxylation sites is 1. The van der Waals surface area contributed by atoms with Crippen molar-refractivity contribution < 1.29 is 17.9 Å². The van der Waals surface area contributed by atoms with Crippen molar-refractivity contribution in [2.75, 3.05) is 0 Å². The zero-order valence-electron chi connectivity index (χ0n) is 10.2. The highest BCUT2D eigenvalue weighted by atomic mass is 79.9. The van der Waals surface area contributed by atoms with Crippen LogP contribution in [-0.2, 0) is 12.7 Å². The van der Waals surface area contributed by atoms with E-state index in [-0.39, 0.29) is 12.3 Å². The van der Waals surface area contributed by atoms with E-state index in [1.165, 1.54) is 12.1 Å². The lowest BCUT2D eigenvalue weighted by Gasteiger charge is -2.15. The number of hydrogen-bond acceptors (Lipinski definition) is 2. The lowest BCUT2D eigenvalue weighted by atomic mass is 10.1. The number of ether oxygens (including phenoxy) is 1. The van der Waals surface area contributed by atoms with Crippen molar-refractivity contribution in [1.82, 2.24) is 0 Å². The summed E-state index contributed by atoms with van der Waals surface area (Å²) in [5.74, 6) is 0.0695. The highest BCUT2D eigenvalue weighted by molar-refractivity contribution is 9.10. The van der Waals surface area contributed by atoms with Gasteiger partial charge in [0.05, 0.1) is 10.0 Å². The maximum atomic E-state index is 13.0. The molecule has 0 aromatic heterocycles. The highest BCUT2D eigenvalue weighted by Gasteiger charge is 2.34. The van der Waals surface area contributed by atoms with Gasteiger partial charge in [-0.1, -0.05) is 18.2 Å². The second-order valence-electron chi connectivity index (χ2n) is 4.06. The fraction of sp³-hybridized carbons (Fsp3) is 0.143. The Morgan fingerprint density at radius 1 is 1.05 bits per heavy atom. The van der Waals surface area contributed by atoms with E-state index in [0.29, 0.717) is 15.8 Å². The fourth-order valence-electron chi connectivity index (χ4n) is 1.66. The normalized spacial score (nSPS) is 11.4. The second kappa shape index (κ2) is 5.85. The van der Waals surface area contributed by atoms with Gasteiger partial charge in [0.1, 0.15) is 11.5 Å². The molecule has 106 valence electrons. The van der Waals surface area contributed by atoms with E-state index in [1.54, 1.807) is 24.3 Å². The average Bonchev–Trinajstić information content (AvgIpc) is 2.40. The van der Waals surface area contributed by atoms with E-state index >= 15 is 0 Å². The molecule has 2 aromatic carbocycles. The zero-order valence-corrected chi connectivity index (χ0v) is 11.8. The van der Waals surface area contributed by atoms with E-state index in [4.69, 9.17) is 10.5 Å². The Bertz CT molecular complexity index is 614. The first-order valence-corrected chi connectivity index (χ1v) is 6.53. The molecule has 2 nitrogen and oxygen atoms in total. The Kier molecular flexibility index (Phi) is 4.35. The minimum atomic E-state index is -4.50. The molecule has 0 aliphatic heterocycles. The van der Waals surface area contributed by atoms with E-state index in [0.717, 1.165) is 6.07 Å². The summed E-state index contributed by atoms with van der Waals surface area (Å²) in [7, 11) is 0. The Balaban J connectivity index is 2.44. The first-order valence-electron chi connectivity index (χ1n) is 5.74. The van der Waals surface area contributed by atoms with E-state index in [1.807, 2.05) is 0 Å². The number of rotatable bonds is 3. The van der Waals surface area contributed by atoms with Crippen molar-refractivity contribution in [2.45, 2.75) is 12.7 Å². The van der Waals surface area contributed by atoms with Crippen molar-refractivity contribution in [3.8, 4) is 11.5 Å². The molecule has 0 aliphatic carbocycles. The molecule has 0 spiro atoms. The molecule has 2 rings (SSSR count). The molecule has 0 heterocycles. The first kappa shape index (κ1) is 14.9. The summed E-state index contributed by atoms with van der Waals surface area (Å²) in [5.41, 5.74) is 4.94.